The third-order valence-corrected chi connectivity index (χ3v) is 4.72. The summed E-state index contributed by atoms with van der Waals surface area (Å²) in [6.07, 6.45) is 1.70. The predicted molar refractivity (Wildman–Crippen MR) is 95.4 cm³/mol. The first-order chi connectivity index (χ1) is 12.5. The molecule has 1 aliphatic rings. The minimum Gasteiger partial charge on any atom is -0.508 e. The molecule has 1 saturated heterocycles. The van der Waals surface area contributed by atoms with E-state index < -0.39 is 11.7 Å². The number of likely N-dealkylation sites (tertiary alicyclic amines) is 1. The van der Waals surface area contributed by atoms with Gasteiger partial charge in [-0.2, -0.15) is 0 Å². The van der Waals surface area contributed by atoms with Crippen LogP contribution in [-0.2, 0) is 4.79 Å². The standard InChI is InChI=1S/C20H21FN2O3/c21-17-5-1-16(2-6-17)20(26)22-13-19(25)23-11-9-15(10-12-23)14-3-7-18(24)8-4-14/h1-8,15,24H,9-13H2,(H,22,26). The van der Waals surface area contributed by atoms with Gasteiger partial charge in [0.15, 0.2) is 0 Å². The monoisotopic (exact) mass is 356 g/mol. The smallest absolute Gasteiger partial charge is 0.251 e. The molecule has 5 nitrogen and oxygen atoms in total. The lowest BCUT2D eigenvalue weighted by atomic mass is 9.89. The van der Waals surface area contributed by atoms with E-state index >= 15 is 0 Å². The van der Waals surface area contributed by atoms with E-state index in [1.54, 1.807) is 17.0 Å². The number of benzene rings is 2. The predicted octanol–water partition coefficient (Wildman–Crippen LogP) is 2.67. The van der Waals surface area contributed by atoms with E-state index in [0.29, 0.717) is 24.6 Å². The second kappa shape index (κ2) is 7.99. The normalized spacial score (nSPS) is 14.9. The largest absolute Gasteiger partial charge is 0.508 e. The lowest BCUT2D eigenvalue weighted by Crippen LogP contribution is -2.43. The third kappa shape index (κ3) is 4.39. The van der Waals surface area contributed by atoms with Gasteiger partial charge in [0.05, 0.1) is 6.54 Å². The number of phenolic OH excluding ortho intramolecular Hbond substituents is 1. The van der Waals surface area contributed by atoms with Crippen molar-refractivity contribution in [1.29, 1.82) is 0 Å². The number of nitrogens with one attached hydrogen (secondary N) is 1. The number of piperidine rings is 1. The van der Waals surface area contributed by atoms with Gasteiger partial charge in [-0.1, -0.05) is 12.1 Å². The van der Waals surface area contributed by atoms with Crippen LogP contribution < -0.4 is 5.32 Å². The van der Waals surface area contributed by atoms with Crippen LogP contribution in [0.5, 0.6) is 5.75 Å². The van der Waals surface area contributed by atoms with Crippen molar-refractivity contribution < 1.29 is 19.1 Å². The van der Waals surface area contributed by atoms with Crippen LogP contribution in [-0.4, -0.2) is 41.5 Å². The van der Waals surface area contributed by atoms with Crippen molar-refractivity contribution in [3.8, 4) is 5.75 Å². The van der Waals surface area contributed by atoms with Crippen LogP contribution in [0, 0.1) is 5.82 Å². The van der Waals surface area contributed by atoms with Crippen molar-refractivity contribution in [2.75, 3.05) is 19.6 Å². The van der Waals surface area contributed by atoms with Crippen molar-refractivity contribution in [2.45, 2.75) is 18.8 Å². The maximum atomic E-state index is 12.9. The van der Waals surface area contributed by atoms with Gasteiger partial charge in [-0.05, 0) is 60.7 Å². The molecule has 0 bridgehead atoms. The van der Waals surface area contributed by atoms with E-state index in [1.165, 1.54) is 29.8 Å². The fraction of sp³-hybridized carbons (Fsp3) is 0.300. The molecule has 0 aliphatic carbocycles. The molecule has 0 radical (unpaired) electrons. The molecule has 0 atom stereocenters. The summed E-state index contributed by atoms with van der Waals surface area (Å²) in [5.74, 6) is -0.303. The summed E-state index contributed by atoms with van der Waals surface area (Å²) in [6.45, 7) is 1.20. The number of carbonyl (C=O) groups excluding carboxylic acids is 2. The second-order valence-corrected chi connectivity index (χ2v) is 6.44. The van der Waals surface area contributed by atoms with E-state index in [4.69, 9.17) is 0 Å². The highest BCUT2D eigenvalue weighted by molar-refractivity contribution is 5.96. The molecule has 2 aromatic rings. The molecule has 26 heavy (non-hydrogen) atoms. The number of rotatable bonds is 4. The Labute approximate surface area is 151 Å². The van der Waals surface area contributed by atoms with Gasteiger partial charge in [-0.25, -0.2) is 4.39 Å². The quantitative estimate of drug-likeness (QED) is 0.885. The van der Waals surface area contributed by atoms with Crippen molar-refractivity contribution in [3.05, 3.63) is 65.5 Å². The molecule has 2 amide bonds. The summed E-state index contributed by atoms with van der Waals surface area (Å²) >= 11 is 0. The Morgan fingerprint density at radius 1 is 1.04 bits per heavy atom. The van der Waals surface area contributed by atoms with Crippen molar-refractivity contribution >= 4 is 11.8 Å². The summed E-state index contributed by atoms with van der Waals surface area (Å²) in [4.78, 5) is 26.0. The Balaban J connectivity index is 1.47. The summed E-state index contributed by atoms with van der Waals surface area (Å²) < 4.78 is 12.9. The Morgan fingerprint density at radius 3 is 2.27 bits per heavy atom. The molecule has 6 heteroatoms. The third-order valence-electron chi connectivity index (χ3n) is 4.72. The average molecular weight is 356 g/mol. The van der Waals surface area contributed by atoms with Gasteiger partial charge in [0.1, 0.15) is 11.6 Å². The van der Waals surface area contributed by atoms with Crippen LogP contribution in [0.4, 0.5) is 4.39 Å². The van der Waals surface area contributed by atoms with E-state index in [0.717, 1.165) is 12.8 Å². The number of phenols is 1. The second-order valence-electron chi connectivity index (χ2n) is 6.44. The first kappa shape index (κ1) is 17.9. The molecule has 0 spiro atoms. The summed E-state index contributed by atoms with van der Waals surface area (Å²) in [6, 6.07) is 12.4. The van der Waals surface area contributed by atoms with Gasteiger partial charge in [-0.3, -0.25) is 9.59 Å². The van der Waals surface area contributed by atoms with Crippen LogP contribution in [0.15, 0.2) is 48.5 Å². The van der Waals surface area contributed by atoms with Crippen molar-refractivity contribution in [1.82, 2.24) is 10.2 Å². The average Bonchev–Trinajstić information content (AvgIpc) is 2.67. The Kier molecular flexibility index (Phi) is 5.51. The van der Waals surface area contributed by atoms with E-state index in [1.807, 2.05) is 12.1 Å². The first-order valence-corrected chi connectivity index (χ1v) is 8.63. The molecule has 0 unspecified atom stereocenters. The summed E-state index contributed by atoms with van der Waals surface area (Å²) in [7, 11) is 0. The zero-order valence-corrected chi connectivity index (χ0v) is 14.3. The number of amides is 2. The number of aromatic hydroxyl groups is 1. The van der Waals surface area contributed by atoms with Crippen LogP contribution in [0.2, 0.25) is 0 Å². The number of carbonyl (C=O) groups is 2. The van der Waals surface area contributed by atoms with Crippen molar-refractivity contribution in [3.63, 3.8) is 0 Å². The van der Waals surface area contributed by atoms with Crippen molar-refractivity contribution in [2.24, 2.45) is 0 Å². The molecule has 2 aromatic carbocycles. The summed E-state index contributed by atoms with van der Waals surface area (Å²) in [5.41, 5.74) is 1.49. The highest BCUT2D eigenvalue weighted by Gasteiger charge is 2.24. The number of halogens is 1. The van der Waals surface area contributed by atoms with Gasteiger partial charge < -0.3 is 15.3 Å². The number of hydrogen-bond donors (Lipinski definition) is 2. The van der Waals surface area contributed by atoms with Crippen LogP contribution >= 0.6 is 0 Å². The molecule has 1 aliphatic heterocycles. The lowest BCUT2D eigenvalue weighted by Gasteiger charge is -2.32. The minimum atomic E-state index is -0.408. The van der Waals surface area contributed by atoms with Gasteiger partial charge in [0.2, 0.25) is 5.91 Å². The lowest BCUT2D eigenvalue weighted by molar-refractivity contribution is -0.131. The molecule has 2 N–H and O–H groups in total. The maximum Gasteiger partial charge on any atom is 0.251 e. The zero-order valence-electron chi connectivity index (χ0n) is 14.3. The van der Waals surface area contributed by atoms with E-state index in [-0.39, 0.29) is 18.2 Å². The molecular formula is C20H21FN2O3. The van der Waals surface area contributed by atoms with Gasteiger partial charge in [0, 0.05) is 18.7 Å². The fourth-order valence-corrected chi connectivity index (χ4v) is 3.18. The molecule has 1 heterocycles. The number of hydrogen-bond acceptors (Lipinski definition) is 3. The SMILES string of the molecule is O=C(NCC(=O)N1CCC(c2ccc(O)cc2)CC1)c1ccc(F)cc1. The highest BCUT2D eigenvalue weighted by Crippen LogP contribution is 2.28. The molecule has 0 aromatic heterocycles. The van der Waals surface area contributed by atoms with Crippen LogP contribution in [0.25, 0.3) is 0 Å². The Bertz CT molecular complexity index is 767. The molecule has 3 rings (SSSR count). The Morgan fingerprint density at radius 2 is 1.65 bits per heavy atom. The van der Waals surface area contributed by atoms with E-state index in [2.05, 4.69) is 5.32 Å². The molecule has 0 saturated carbocycles. The van der Waals surface area contributed by atoms with Gasteiger partial charge >= 0.3 is 0 Å². The van der Waals surface area contributed by atoms with Crippen LogP contribution in [0.1, 0.15) is 34.7 Å². The molecule has 136 valence electrons. The number of nitrogens with zero attached hydrogens (tertiary/aromatic N) is 1. The van der Waals surface area contributed by atoms with Gasteiger partial charge in [-0.15, -0.1) is 0 Å². The van der Waals surface area contributed by atoms with Crippen LogP contribution in [0.3, 0.4) is 0 Å². The van der Waals surface area contributed by atoms with Gasteiger partial charge in [0.25, 0.3) is 5.91 Å². The maximum absolute atomic E-state index is 12.9. The first-order valence-electron chi connectivity index (χ1n) is 8.63. The summed E-state index contributed by atoms with van der Waals surface area (Å²) in [5, 5.41) is 11.9. The van der Waals surface area contributed by atoms with E-state index in [9.17, 15) is 19.1 Å². The zero-order chi connectivity index (χ0) is 18.5. The topological polar surface area (TPSA) is 69.6 Å². The Hall–Kier alpha value is -2.89. The molecular weight excluding hydrogens is 335 g/mol. The fourth-order valence-electron chi connectivity index (χ4n) is 3.18. The molecule has 1 fully saturated rings. The highest BCUT2D eigenvalue weighted by atomic mass is 19.1. The minimum absolute atomic E-state index is 0.0694.